The van der Waals surface area contributed by atoms with Crippen LogP contribution in [0.2, 0.25) is 0 Å². The molecule has 0 spiro atoms. The first kappa shape index (κ1) is 28.5. The molecule has 0 saturated carbocycles. The average Bonchev–Trinajstić information content (AvgIpc) is 3.21. The Labute approximate surface area is 209 Å². The van der Waals surface area contributed by atoms with Gasteiger partial charge in [0.1, 0.15) is 5.84 Å². The van der Waals surface area contributed by atoms with Crippen molar-refractivity contribution >= 4 is 29.0 Å². The van der Waals surface area contributed by atoms with Crippen LogP contribution in [0.25, 0.3) is 0 Å². The zero-order valence-electron chi connectivity index (χ0n) is 21.3. The van der Waals surface area contributed by atoms with Crippen LogP contribution >= 0.6 is 0 Å². The number of nitrogens with zero attached hydrogens (tertiary/aromatic N) is 3. The molecule has 0 atom stereocenters. The number of nitro groups is 1. The van der Waals surface area contributed by atoms with Gasteiger partial charge in [0.25, 0.3) is 11.6 Å². The number of anilines is 1. The Kier molecular flexibility index (Phi) is 13.7. The summed E-state index contributed by atoms with van der Waals surface area (Å²) in [6, 6.07) is 5.59. The third-order valence-corrected chi connectivity index (χ3v) is 6.37. The van der Waals surface area contributed by atoms with E-state index in [0.29, 0.717) is 17.9 Å². The summed E-state index contributed by atoms with van der Waals surface area (Å²) in [5.41, 5.74) is 0.383. The number of carbonyl (C=O) groups is 2. The minimum absolute atomic E-state index is 0.0155. The van der Waals surface area contributed by atoms with Crippen LogP contribution in [-0.2, 0) is 9.59 Å². The maximum atomic E-state index is 12.2. The van der Waals surface area contributed by atoms with Crippen molar-refractivity contribution in [3.05, 3.63) is 34.4 Å². The number of amidine groups is 1. The Morgan fingerprint density at radius 1 is 0.886 bits per heavy atom. The lowest BCUT2D eigenvalue weighted by atomic mass is 10.0. The van der Waals surface area contributed by atoms with Crippen LogP contribution in [0.4, 0.5) is 11.4 Å². The van der Waals surface area contributed by atoms with Crippen molar-refractivity contribution in [2.75, 3.05) is 5.01 Å². The number of benzene rings is 1. The van der Waals surface area contributed by atoms with Crippen molar-refractivity contribution in [2.24, 2.45) is 5.10 Å². The molecule has 8 nitrogen and oxygen atoms in total. The zero-order chi connectivity index (χ0) is 25.3. The largest absolute Gasteiger partial charge is 0.312 e. The molecule has 0 aromatic heterocycles. The molecule has 2 amide bonds. The summed E-state index contributed by atoms with van der Waals surface area (Å²) in [4.78, 5) is 34.7. The van der Waals surface area contributed by atoms with Crippen molar-refractivity contribution in [3.63, 3.8) is 0 Å². The van der Waals surface area contributed by atoms with Crippen molar-refractivity contribution in [1.82, 2.24) is 5.32 Å². The lowest BCUT2D eigenvalue weighted by molar-refractivity contribution is -0.384. The van der Waals surface area contributed by atoms with E-state index in [9.17, 15) is 19.7 Å². The summed E-state index contributed by atoms with van der Waals surface area (Å²) in [5.74, 6) is -0.0859. The SMILES string of the molecule is CCCCCCCCCCCCCCCCCC(=O)NC1=NN(c2ccc([N+](=O)[O-])cc2)C(=O)C1. The van der Waals surface area contributed by atoms with Crippen molar-refractivity contribution in [3.8, 4) is 0 Å². The van der Waals surface area contributed by atoms with Gasteiger partial charge in [-0.05, 0) is 18.6 Å². The van der Waals surface area contributed by atoms with Gasteiger partial charge in [0.05, 0.1) is 17.0 Å². The van der Waals surface area contributed by atoms with Gasteiger partial charge in [-0.25, -0.2) is 0 Å². The lowest BCUT2D eigenvalue weighted by Crippen LogP contribution is -2.29. The summed E-state index contributed by atoms with van der Waals surface area (Å²) in [7, 11) is 0. The first-order chi connectivity index (χ1) is 17.0. The number of rotatable bonds is 18. The molecule has 1 N–H and O–H groups in total. The highest BCUT2D eigenvalue weighted by Gasteiger charge is 2.26. The van der Waals surface area contributed by atoms with E-state index in [1.54, 1.807) is 0 Å². The Hall–Kier alpha value is -2.77. The van der Waals surface area contributed by atoms with Gasteiger partial charge in [-0.2, -0.15) is 10.1 Å². The van der Waals surface area contributed by atoms with Crippen molar-refractivity contribution in [2.45, 2.75) is 116 Å². The van der Waals surface area contributed by atoms with Gasteiger partial charge < -0.3 is 5.32 Å². The fourth-order valence-electron chi connectivity index (χ4n) is 4.30. The van der Waals surface area contributed by atoms with Gasteiger partial charge >= 0.3 is 0 Å². The molecular formula is C27H42N4O4. The van der Waals surface area contributed by atoms with Crippen LogP contribution in [0, 0.1) is 10.1 Å². The van der Waals surface area contributed by atoms with Gasteiger partial charge in [-0.1, -0.05) is 96.8 Å². The molecule has 194 valence electrons. The van der Waals surface area contributed by atoms with Gasteiger partial charge in [0, 0.05) is 18.6 Å². The summed E-state index contributed by atoms with van der Waals surface area (Å²) < 4.78 is 0. The van der Waals surface area contributed by atoms with E-state index >= 15 is 0 Å². The highest BCUT2D eigenvalue weighted by Crippen LogP contribution is 2.23. The first-order valence-corrected chi connectivity index (χ1v) is 13.5. The molecule has 1 aromatic rings. The molecule has 35 heavy (non-hydrogen) atoms. The molecule has 0 fully saturated rings. The number of nitro benzene ring substituents is 1. The molecule has 1 aliphatic heterocycles. The number of hydrogen-bond donors (Lipinski definition) is 1. The second kappa shape index (κ2) is 16.8. The summed E-state index contributed by atoms with van der Waals surface area (Å²) in [5, 5.41) is 18.8. The standard InChI is InChI=1S/C27H42N4O4/c1-2-3-4-5-6-7-8-9-10-11-12-13-14-15-16-17-26(32)28-25-22-27(33)30(29-25)23-18-20-24(21-19-23)31(34)35/h18-21H,2-17,22H2,1H3,(H,28,29,32). The number of hydrazone groups is 1. The van der Waals surface area contributed by atoms with E-state index in [2.05, 4.69) is 17.3 Å². The lowest BCUT2D eigenvalue weighted by Gasteiger charge is -2.10. The smallest absolute Gasteiger partial charge is 0.269 e. The van der Waals surface area contributed by atoms with E-state index in [4.69, 9.17) is 0 Å². The van der Waals surface area contributed by atoms with Crippen LogP contribution < -0.4 is 10.3 Å². The minimum atomic E-state index is -0.497. The number of carbonyl (C=O) groups excluding carboxylic acids is 2. The average molecular weight is 487 g/mol. The molecule has 0 saturated heterocycles. The van der Waals surface area contributed by atoms with Crippen LogP contribution in [0.5, 0.6) is 0 Å². The first-order valence-electron chi connectivity index (χ1n) is 13.5. The molecule has 0 aliphatic carbocycles. The van der Waals surface area contributed by atoms with Crippen LogP contribution in [0.3, 0.4) is 0 Å². The van der Waals surface area contributed by atoms with Crippen LogP contribution in [-0.4, -0.2) is 22.6 Å². The predicted octanol–water partition coefficient (Wildman–Crippen LogP) is 7.02. The van der Waals surface area contributed by atoms with Crippen LogP contribution in [0.15, 0.2) is 29.4 Å². The highest BCUT2D eigenvalue weighted by molar-refractivity contribution is 6.15. The van der Waals surface area contributed by atoms with E-state index in [0.717, 1.165) is 19.3 Å². The maximum Gasteiger partial charge on any atom is 0.269 e. The fourth-order valence-corrected chi connectivity index (χ4v) is 4.30. The predicted molar refractivity (Wildman–Crippen MR) is 140 cm³/mol. The Bertz CT molecular complexity index is 823. The third kappa shape index (κ3) is 11.5. The quantitative estimate of drug-likeness (QED) is 0.137. The van der Waals surface area contributed by atoms with Gasteiger partial charge in [-0.15, -0.1) is 0 Å². The molecule has 2 rings (SSSR count). The monoisotopic (exact) mass is 486 g/mol. The normalized spacial score (nSPS) is 13.2. The third-order valence-electron chi connectivity index (χ3n) is 6.37. The van der Waals surface area contributed by atoms with Crippen molar-refractivity contribution in [1.29, 1.82) is 0 Å². The Morgan fingerprint density at radius 3 is 1.86 bits per heavy atom. The number of nitrogens with one attached hydrogen (secondary N) is 1. The fraction of sp³-hybridized carbons (Fsp3) is 0.667. The highest BCUT2D eigenvalue weighted by atomic mass is 16.6. The van der Waals surface area contributed by atoms with E-state index in [-0.39, 0.29) is 23.9 Å². The number of hydrogen-bond acceptors (Lipinski definition) is 5. The van der Waals surface area contributed by atoms with E-state index in [1.807, 2.05) is 0 Å². The second-order valence-corrected chi connectivity index (χ2v) is 9.45. The Balaban J connectivity index is 1.49. The Morgan fingerprint density at radius 2 is 1.37 bits per heavy atom. The zero-order valence-corrected chi connectivity index (χ0v) is 21.3. The molecule has 0 unspecified atom stereocenters. The molecule has 8 heteroatoms. The number of unbranched alkanes of at least 4 members (excludes halogenated alkanes) is 14. The van der Waals surface area contributed by atoms with E-state index in [1.165, 1.54) is 106 Å². The number of amides is 2. The van der Waals surface area contributed by atoms with Gasteiger partial charge in [0.2, 0.25) is 5.91 Å². The molecule has 0 bridgehead atoms. The molecule has 1 aliphatic rings. The summed E-state index contributed by atoms with van der Waals surface area (Å²) in [6.07, 6.45) is 19.6. The van der Waals surface area contributed by atoms with Gasteiger partial charge in [-0.3, -0.25) is 19.7 Å². The summed E-state index contributed by atoms with van der Waals surface area (Å²) in [6.45, 7) is 2.26. The molecule has 0 radical (unpaired) electrons. The van der Waals surface area contributed by atoms with E-state index < -0.39 is 4.92 Å². The maximum absolute atomic E-state index is 12.2. The van der Waals surface area contributed by atoms with Gasteiger partial charge in [0.15, 0.2) is 0 Å². The topological polar surface area (TPSA) is 105 Å². The molecule has 1 aromatic carbocycles. The second-order valence-electron chi connectivity index (χ2n) is 9.45. The minimum Gasteiger partial charge on any atom is -0.312 e. The summed E-state index contributed by atoms with van der Waals surface area (Å²) >= 11 is 0. The van der Waals surface area contributed by atoms with Crippen LogP contribution in [0.1, 0.15) is 116 Å². The molecule has 1 heterocycles. The van der Waals surface area contributed by atoms with Crippen molar-refractivity contribution < 1.29 is 14.5 Å². The molecular weight excluding hydrogens is 444 g/mol. The number of non-ortho nitro benzene ring substituents is 1.